The molecule has 1 aromatic heterocycles. The van der Waals surface area contributed by atoms with Crippen molar-refractivity contribution in [2.75, 3.05) is 32.9 Å². The van der Waals surface area contributed by atoms with E-state index in [0.717, 1.165) is 58.9 Å². The summed E-state index contributed by atoms with van der Waals surface area (Å²) < 4.78 is 25.0. The first-order valence-electron chi connectivity index (χ1n) is 12.1. The molecule has 1 N–H and O–H groups in total. The average molecular weight is 486 g/mol. The number of hydrogen-bond acceptors (Lipinski definition) is 6. The Bertz CT molecular complexity index is 1340. The molecule has 0 aliphatic carbocycles. The van der Waals surface area contributed by atoms with Gasteiger partial charge in [0.25, 0.3) is 0 Å². The topological polar surface area (TPSA) is 78.6 Å². The second-order valence-corrected chi connectivity index (χ2v) is 9.42. The molecular formula is C29H28FN3O3. The number of benzene rings is 2. The summed E-state index contributed by atoms with van der Waals surface area (Å²) in [5, 5.41) is 19.4. The van der Waals surface area contributed by atoms with Crippen LogP contribution >= 0.6 is 0 Å². The van der Waals surface area contributed by atoms with Crippen LogP contribution < -0.4 is 9.47 Å². The maximum Gasteiger partial charge on any atom is 0.151 e. The molecule has 3 aromatic rings. The number of hydrogen-bond donors (Lipinski definition) is 1. The number of nitriles is 1. The van der Waals surface area contributed by atoms with Crippen molar-refractivity contribution in [1.29, 1.82) is 5.26 Å². The number of allylic oxidation sites excluding steroid dienone is 1. The van der Waals surface area contributed by atoms with Gasteiger partial charge in [0.15, 0.2) is 6.10 Å². The van der Waals surface area contributed by atoms with Crippen LogP contribution in [0.4, 0.5) is 4.39 Å². The van der Waals surface area contributed by atoms with Crippen molar-refractivity contribution >= 4 is 11.1 Å². The molecule has 5 rings (SSSR count). The lowest BCUT2D eigenvalue weighted by Gasteiger charge is -2.37. The molecule has 2 aliphatic rings. The van der Waals surface area contributed by atoms with Crippen molar-refractivity contribution in [2.24, 2.45) is 5.92 Å². The molecule has 1 atom stereocenters. The number of likely N-dealkylation sites (tertiary alicyclic amines) is 1. The highest BCUT2D eigenvalue weighted by molar-refractivity contribution is 5.95. The normalized spacial score (nSPS) is 17.7. The first kappa shape index (κ1) is 23.8. The van der Waals surface area contributed by atoms with Crippen LogP contribution in [-0.4, -0.2) is 47.9 Å². The van der Waals surface area contributed by atoms with E-state index in [2.05, 4.69) is 16.0 Å². The van der Waals surface area contributed by atoms with Gasteiger partial charge in [0.05, 0.1) is 17.9 Å². The number of aromatic nitrogens is 1. The standard InChI is InChI=1S/C29H28FN3O3/c1-18-11-20(14-31)15-32-28(18)27-19(2)25-12-23(34)5-8-26(25)36-29(27)22-3-6-24(7-4-22)35-10-9-33-16-21(13-30)17-33/h3-8,11-12,15,21,29,34H,9-10,13,16-17H2,1-2H3. The van der Waals surface area contributed by atoms with Crippen molar-refractivity contribution in [3.63, 3.8) is 0 Å². The fourth-order valence-electron chi connectivity index (χ4n) is 4.88. The van der Waals surface area contributed by atoms with Gasteiger partial charge >= 0.3 is 0 Å². The zero-order chi connectivity index (χ0) is 25.2. The summed E-state index contributed by atoms with van der Waals surface area (Å²) in [6.45, 7) is 6.62. The van der Waals surface area contributed by atoms with Crippen LogP contribution in [0.5, 0.6) is 17.2 Å². The molecule has 1 saturated heterocycles. The molecule has 2 aliphatic heterocycles. The minimum absolute atomic E-state index is 0.166. The van der Waals surface area contributed by atoms with Crippen molar-refractivity contribution < 1.29 is 19.0 Å². The number of phenolic OH excluding ortho intramolecular Hbond substituents is 1. The smallest absolute Gasteiger partial charge is 0.151 e. The third-order valence-electron chi connectivity index (χ3n) is 6.85. The lowest BCUT2D eigenvalue weighted by Crippen LogP contribution is -2.49. The molecule has 0 spiro atoms. The summed E-state index contributed by atoms with van der Waals surface area (Å²) >= 11 is 0. The fraction of sp³-hybridized carbons (Fsp3) is 0.310. The minimum Gasteiger partial charge on any atom is -0.508 e. The Balaban J connectivity index is 1.42. The maximum absolute atomic E-state index is 12.6. The Labute approximate surface area is 210 Å². The number of nitrogens with zero attached hydrogens (tertiary/aromatic N) is 3. The van der Waals surface area contributed by atoms with Gasteiger partial charge in [0.1, 0.15) is 29.9 Å². The van der Waals surface area contributed by atoms with E-state index in [1.165, 1.54) is 0 Å². The molecule has 0 bridgehead atoms. The molecule has 0 radical (unpaired) electrons. The summed E-state index contributed by atoms with van der Waals surface area (Å²) in [5.41, 5.74) is 5.74. The van der Waals surface area contributed by atoms with Gasteiger partial charge in [-0.25, -0.2) is 0 Å². The third-order valence-corrected chi connectivity index (χ3v) is 6.85. The van der Waals surface area contributed by atoms with E-state index in [0.29, 0.717) is 17.9 Å². The Hall–Kier alpha value is -3.89. The number of fused-ring (bicyclic) bond motifs is 1. The molecule has 0 amide bonds. The van der Waals surface area contributed by atoms with Gasteiger partial charge in [-0.3, -0.25) is 14.3 Å². The lowest BCUT2D eigenvalue weighted by molar-refractivity contribution is 0.0668. The molecule has 2 aromatic carbocycles. The van der Waals surface area contributed by atoms with E-state index in [9.17, 15) is 14.8 Å². The van der Waals surface area contributed by atoms with E-state index in [-0.39, 0.29) is 18.3 Å². The largest absolute Gasteiger partial charge is 0.508 e. The van der Waals surface area contributed by atoms with Crippen LogP contribution in [0.1, 0.15) is 41.0 Å². The summed E-state index contributed by atoms with van der Waals surface area (Å²) in [4.78, 5) is 6.81. The molecule has 184 valence electrons. The van der Waals surface area contributed by atoms with Gasteiger partial charge < -0.3 is 14.6 Å². The first-order valence-corrected chi connectivity index (χ1v) is 12.1. The fourth-order valence-corrected chi connectivity index (χ4v) is 4.88. The summed E-state index contributed by atoms with van der Waals surface area (Å²) in [6, 6.07) is 16.9. The summed E-state index contributed by atoms with van der Waals surface area (Å²) in [6.07, 6.45) is 1.15. The average Bonchev–Trinajstić information content (AvgIpc) is 2.86. The molecule has 0 saturated carbocycles. The van der Waals surface area contributed by atoms with Crippen LogP contribution in [-0.2, 0) is 0 Å². The molecular weight excluding hydrogens is 457 g/mol. The molecule has 1 unspecified atom stereocenters. The molecule has 1 fully saturated rings. The van der Waals surface area contributed by atoms with Crippen LogP contribution in [0, 0.1) is 24.2 Å². The highest BCUT2D eigenvalue weighted by atomic mass is 19.1. The van der Waals surface area contributed by atoms with Gasteiger partial charge in [-0.15, -0.1) is 0 Å². The van der Waals surface area contributed by atoms with E-state index in [1.807, 2.05) is 44.2 Å². The van der Waals surface area contributed by atoms with Crippen molar-refractivity contribution in [2.45, 2.75) is 20.0 Å². The van der Waals surface area contributed by atoms with Crippen molar-refractivity contribution in [3.8, 4) is 23.3 Å². The van der Waals surface area contributed by atoms with Crippen LogP contribution in [0.2, 0.25) is 0 Å². The van der Waals surface area contributed by atoms with E-state index in [1.54, 1.807) is 24.4 Å². The number of pyridine rings is 1. The number of rotatable bonds is 7. The zero-order valence-electron chi connectivity index (χ0n) is 20.4. The molecule has 6 nitrogen and oxygen atoms in total. The molecule has 3 heterocycles. The number of halogens is 1. The van der Waals surface area contributed by atoms with Crippen molar-refractivity contribution in [1.82, 2.24) is 9.88 Å². The highest BCUT2D eigenvalue weighted by Crippen LogP contribution is 2.47. The maximum atomic E-state index is 12.6. The van der Waals surface area contributed by atoms with Crippen LogP contribution in [0.15, 0.2) is 54.7 Å². The number of phenols is 1. The van der Waals surface area contributed by atoms with E-state index >= 15 is 0 Å². The zero-order valence-corrected chi connectivity index (χ0v) is 20.4. The summed E-state index contributed by atoms with van der Waals surface area (Å²) in [5.74, 6) is 1.79. The number of alkyl halides is 1. The predicted octanol–water partition coefficient (Wildman–Crippen LogP) is 5.31. The van der Waals surface area contributed by atoms with E-state index in [4.69, 9.17) is 9.47 Å². The van der Waals surface area contributed by atoms with Crippen LogP contribution in [0.3, 0.4) is 0 Å². The Kier molecular flexibility index (Phi) is 6.62. The Morgan fingerprint density at radius 3 is 2.64 bits per heavy atom. The minimum atomic E-state index is -0.422. The number of aryl methyl sites for hydroxylation is 1. The highest BCUT2D eigenvalue weighted by Gasteiger charge is 2.31. The second-order valence-electron chi connectivity index (χ2n) is 9.42. The monoisotopic (exact) mass is 485 g/mol. The Morgan fingerprint density at radius 2 is 1.94 bits per heavy atom. The lowest BCUT2D eigenvalue weighted by atomic mass is 9.86. The first-order chi connectivity index (χ1) is 17.5. The number of ether oxygens (including phenoxy) is 2. The van der Waals surface area contributed by atoms with Gasteiger partial charge in [-0.1, -0.05) is 12.1 Å². The number of aromatic hydroxyl groups is 1. The van der Waals surface area contributed by atoms with E-state index < -0.39 is 6.10 Å². The van der Waals surface area contributed by atoms with Gasteiger partial charge in [0, 0.05) is 42.9 Å². The van der Waals surface area contributed by atoms with Crippen molar-refractivity contribution in [3.05, 3.63) is 82.7 Å². The summed E-state index contributed by atoms with van der Waals surface area (Å²) in [7, 11) is 0. The Morgan fingerprint density at radius 1 is 1.17 bits per heavy atom. The quantitative estimate of drug-likeness (QED) is 0.489. The van der Waals surface area contributed by atoms with Crippen LogP contribution in [0.25, 0.3) is 11.1 Å². The molecule has 7 heteroatoms. The van der Waals surface area contributed by atoms with Gasteiger partial charge in [-0.05, 0) is 66.9 Å². The van der Waals surface area contributed by atoms with Gasteiger partial charge in [0.2, 0.25) is 0 Å². The second kappa shape index (κ2) is 10.00. The SMILES string of the molecule is CC1=C(c2ncc(C#N)cc2C)C(c2ccc(OCCN3CC(CF)C3)cc2)Oc2ccc(O)cc21. The van der Waals surface area contributed by atoms with Gasteiger partial charge in [-0.2, -0.15) is 5.26 Å². The predicted molar refractivity (Wildman–Crippen MR) is 135 cm³/mol. The third kappa shape index (κ3) is 4.65. The molecule has 36 heavy (non-hydrogen) atoms.